The number of ether oxygens (including phenoxy) is 1. The SMILES string of the molecule is Cc1cc(C)c(B(c2[c-]c(-c3nc(-c4ccccc4)c(-c4ccccc4)n3C)ccc2)c2[c-]c(N3[CH-]N(c4ccccc4)C=N3)ccc2)c(C)c1.Cc1cc(C)c(B(c2[c-]c(-c3nc(-c4ccccc4)cn3C)ccc2)c2[c-]c(N3[CH-]N(c4ccccc4)C=N3)ccc2)c(C)c1.[Pt].[Pt].[Pt].[c-]1c(Oc2[c-]c(N3[CH-]N(c4ccccc4)C(c4ccccc4)=N3)ccc2)cccc1-c1cccc(-c2ccccc2)n1. The maximum Gasteiger partial charge on any atom is 0.198 e. The molecule has 15 nitrogen and oxygen atoms in total. The number of anilines is 6. The molecule has 19 aromatic rings. The van der Waals surface area contributed by atoms with Crippen LogP contribution in [0.15, 0.2) is 416 Å². The summed E-state index contributed by atoms with van der Waals surface area (Å²) in [6.45, 7) is 18.9. The van der Waals surface area contributed by atoms with Gasteiger partial charge in [0.1, 0.15) is 5.84 Å². The van der Waals surface area contributed by atoms with Gasteiger partial charge in [0.05, 0.1) is 47.1 Å². The van der Waals surface area contributed by atoms with E-state index in [4.69, 9.17) is 29.9 Å². The third-order valence-corrected chi connectivity index (χ3v) is 24.6. The molecule has 16 aromatic carbocycles. The van der Waals surface area contributed by atoms with Crippen molar-refractivity contribution in [2.24, 2.45) is 29.4 Å². The van der Waals surface area contributed by atoms with Crippen molar-refractivity contribution in [1.29, 1.82) is 0 Å². The molecular weight excluding hydrogens is 2270 g/mol. The average Bonchev–Trinajstić information content (AvgIpc) is 1.53. The molecule has 0 saturated heterocycles. The van der Waals surface area contributed by atoms with Gasteiger partial charge in [0, 0.05) is 129 Å². The van der Waals surface area contributed by atoms with Gasteiger partial charge in [-0.25, -0.2) is 0 Å². The van der Waals surface area contributed by atoms with Crippen molar-refractivity contribution in [2.75, 3.05) is 29.7 Å². The summed E-state index contributed by atoms with van der Waals surface area (Å²) < 4.78 is 10.5. The van der Waals surface area contributed by atoms with Crippen molar-refractivity contribution in [3.63, 3.8) is 0 Å². The minimum absolute atomic E-state index is 0. The normalized spacial score (nSPS) is 12.3. The molecule has 20 heteroatoms. The van der Waals surface area contributed by atoms with E-state index >= 15 is 0 Å². The molecule has 0 saturated carbocycles. The van der Waals surface area contributed by atoms with Crippen LogP contribution >= 0.6 is 0 Å². The summed E-state index contributed by atoms with van der Waals surface area (Å²) >= 11 is 0. The first-order chi connectivity index (χ1) is 67.7. The standard InChI is InChI=1S/C45H37BN5.C39H33BN5.C37H25N4O.3Pt/c1-32-26-33(2)42(34(3)27-32)46(39-22-15-25-41(29-39)51-31-50(30-47-51)40-23-12-7-13-24-40)38-21-14-20-37(28-38)45-48-43(35-16-8-5-9-17-35)44(49(45)4)36-18-10-6-11-19-36;1-28-21-29(2)38(30(3)22-28)40(34-17-12-20-36(24-34)45-27-44(26-41-45)35-18-9-6-10-19-35)33-16-11-15-32(23-33)39-42-37(25-43(39)4)31-13-7-5-8-14-31;1-4-13-28(14-5-1)35-23-12-24-36(38-35)30-17-10-21-33(25-30)42-34-22-11-20-32(26-34)41-27-40(31-18-8-3-9-19-31)37(39-41)29-15-6-2-7-16-29;;;/h5-27,30-31H,1-4H3;5-22,25-27H,1-4H3;1-24,27H;;;/q3*-3;;;. The maximum atomic E-state index is 6.24. The van der Waals surface area contributed by atoms with Gasteiger partial charge in [0.15, 0.2) is 13.4 Å². The van der Waals surface area contributed by atoms with Crippen LogP contribution < -0.4 is 67.2 Å². The van der Waals surface area contributed by atoms with E-state index in [2.05, 4.69) is 335 Å². The Labute approximate surface area is 870 Å². The zero-order valence-corrected chi connectivity index (χ0v) is 85.6. The van der Waals surface area contributed by atoms with E-state index in [0.717, 1.165) is 146 Å². The van der Waals surface area contributed by atoms with Crippen molar-refractivity contribution in [1.82, 2.24) is 24.1 Å². The van der Waals surface area contributed by atoms with Crippen LogP contribution in [0.1, 0.15) is 38.9 Å². The summed E-state index contributed by atoms with van der Waals surface area (Å²) in [4.78, 5) is 21.3. The number of nitrogens with zero attached hydrogens (tertiary/aromatic N) is 14. The van der Waals surface area contributed by atoms with Gasteiger partial charge in [-0.05, 0) is 101 Å². The van der Waals surface area contributed by atoms with Gasteiger partial charge in [-0.1, -0.05) is 310 Å². The molecule has 0 N–H and O–H groups in total. The summed E-state index contributed by atoms with van der Waals surface area (Å²) in [5, 5.41) is 19.9. The van der Waals surface area contributed by atoms with Gasteiger partial charge in [0.2, 0.25) is 0 Å². The molecule has 3 aliphatic rings. The summed E-state index contributed by atoms with van der Waals surface area (Å²) in [6, 6.07) is 156. The first-order valence-corrected chi connectivity index (χ1v) is 46.1. The Balaban J connectivity index is 0.000000145. The maximum absolute atomic E-state index is 6.24. The van der Waals surface area contributed by atoms with E-state index in [9.17, 15) is 0 Å². The number of imidazole rings is 2. The Kier molecular flexibility index (Phi) is 31.0. The summed E-state index contributed by atoms with van der Waals surface area (Å²) in [6.07, 6.45) is 5.74. The molecule has 141 heavy (non-hydrogen) atoms. The van der Waals surface area contributed by atoms with Crippen molar-refractivity contribution in [3.05, 3.63) is 496 Å². The largest absolute Gasteiger partial charge is 0.503 e. The Morgan fingerprint density at radius 1 is 0.305 bits per heavy atom. The van der Waals surface area contributed by atoms with E-state index in [-0.39, 0.29) is 76.6 Å². The second-order valence-corrected chi connectivity index (χ2v) is 34.4. The van der Waals surface area contributed by atoms with Crippen molar-refractivity contribution < 1.29 is 67.9 Å². The fourth-order valence-corrected chi connectivity index (χ4v) is 18.4. The number of hydrogen-bond donors (Lipinski definition) is 0. The Hall–Kier alpha value is -15.1. The van der Waals surface area contributed by atoms with Crippen LogP contribution in [0, 0.1) is 97.9 Å². The molecule has 0 unspecified atom stereocenters. The molecule has 3 aliphatic heterocycles. The molecule has 0 spiro atoms. The van der Waals surface area contributed by atoms with E-state index in [1.807, 2.05) is 234 Å². The van der Waals surface area contributed by atoms with Crippen LogP contribution in [0.4, 0.5) is 34.1 Å². The van der Waals surface area contributed by atoms with Gasteiger partial charge in [-0.3, -0.25) is 15.0 Å². The third kappa shape index (κ3) is 22.0. The van der Waals surface area contributed by atoms with Crippen LogP contribution in [0.3, 0.4) is 0 Å². The van der Waals surface area contributed by atoms with Crippen LogP contribution in [0.25, 0.3) is 79.1 Å². The average molecular weight is 2370 g/mol. The quantitative estimate of drug-likeness (QED) is 0.0480. The number of rotatable bonds is 22. The number of benzene rings is 16. The first kappa shape index (κ1) is 97.5. The van der Waals surface area contributed by atoms with Gasteiger partial charge in [-0.15, -0.1) is 134 Å². The third-order valence-electron chi connectivity index (χ3n) is 24.6. The fourth-order valence-electron chi connectivity index (χ4n) is 18.4. The summed E-state index contributed by atoms with van der Waals surface area (Å²) in [5.41, 5.74) is 32.7. The van der Waals surface area contributed by atoms with Gasteiger partial charge in [0.25, 0.3) is 0 Å². The monoisotopic (exact) mass is 2370 g/mol. The van der Waals surface area contributed by atoms with Gasteiger partial charge < -0.3 is 43.6 Å². The second kappa shape index (κ2) is 44.8. The number of para-hydroxylation sites is 3. The van der Waals surface area contributed by atoms with Crippen molar-refractivity contribution >= 4 is 98.8 Å². The second-order valence-electron chi connectivity index (χ2n) is 34.4. The number of hydrazone groups is 3. The zero-order chi connectivity index (χ0) is 94.0. The number of hydrogen-bond acceptors (Lipinski definition) is 13. The molecule has 0 aliphatic carbocycles. The van der Waals surface area contributed by atoms with Crippen LogP contribution in [-0.4, -0.2) is 56.0 Å². The van der Waals surface area contributed by atoms with E-state index in [1.165, 1.54) is 44.3 Å². The number of pyridine rings is 1. The van der Waals surface area contributed by atoms with Crippen LogP contribution in [0.5, 0.6) is 11.5 Å². The molecule has 0 bridgehead atoms. The minimum Gasteiger partial charge on any atom is -0.503 e. The smallest absolute Gasteiger partial charge is 0.198 e. The van der Waals surface area contributed by atoms with E-state index in [0.29, 0.717) is 11.5 Å². The fraction of sp³-hybridized carbons (Fsp3) is 0.0661. The topological polar surface area (TPSA) is 114 Å². The summed E-state index contributed by atoms with van der Waals surface area (Å²) in [7, 11) is 4.15. The molecule has 700 valence electrons. The predicted octanol–water partition coefficient (Wildman–Crippen LogP) is 22.6. The van der Waals surface area contributed by atoms with Gasteiger partial charge in [-0.2, -0.15) is 79.6 Å². The van der Waals surface area contributed by atoms with Gasteiger partial charge >= 0.3 is 0 Å². The zero-order valence-electron chi connectivity index (χ0n) is 78.8. The molecule has 3 aromatic heterocycles. The Morgan fingerprint density at radius 2 is 0.688 bits per heavy atom. The van der Waals surface area contributed by atoms with Crippen molar-refractivity contribution in [2.45, 2.75) is 41.5 Å². The van der Waals surface area contributed by atoms with Crippen LogP contribution in [-0.2, 0) is 77.3 Å². The van der Waals surface area contributed by atoms with E-state index in [1.54, 1.807) is 0 Å². The summed E-state index contributed by atoms with van der Waals surface area (Å²) in [5.74, 6) is 3.72. The molecule has 22 rings (SSSR count). The predicted molar refractivity (Wildman–Crippen MR) is 569 cm³/mol. The molecule has 6 heterocycles. The minimum atomic E-state index is -0.121. The molecule has 0 atom stereocenters. The number of amidine groups is 1. The first-order valence-electron chi connectivity index (χ1n) is 46.1. The van der Waals surface area contributed by atoms with Crippen LogP contribution in [0.2, 0.25) is 0 Å². The molecule has 0 amide bonds. The van der Waals surface area contributed by atoms with E-state index < -0.39 is 0 Å². The molecular formula is C121H95B2N14OPt3-9. The Morgan fingerprint density at radius 3 is 1.18 bits per heavy atom. The molecule has 0 radical (unpaired) electrons. The number of aryl methyl sites for hydroxylation is 7. The number of aromatic nitrogens is 5. The molecule has 0 fully saturated rings. The Bertz CT molecular complexity index is 7590. The van der Waals surface area contributed by atoms with Crippen molar-refractivity contribution in [3.8, 4) is 90.6 Å².